The number of benzene rings is 2. The predicted octanol–water partition coefficient (Wildman–Crippen LogP) is 3.27. The van der Waals surface area contributed by atoms with E-state index >= 15 is 0 Å². The number of rotatable bonds is 6. The van der Waals surface area contributed by atoms with Crippen LogP contribution >= 0.6 is 0 Å². The molecule has 1 N–H and O–H groups in total. The number of nitrogens with zero attached hydrogens (tertiary/aromatic N) is 1. The Bertz CT molecular complexity index is 802. The maximum Gasteiger partial charge on any atom is 0.253 e. The fourth-order valence-corrected chi connectivity index (χ4v) is 2.82. The number of hydrogen-bond donors (Lipinski definition) is 1. The van der Waals surface area contributed by atoms with Crippen LogP contribution in [0.4, 0.5) is 0 Å². The number of aryl methyl sites for hydroxylation is 1. The molecule has 5 heteroatoms. The van der Waals surface area contributed by atoms with E-state index in [9.17, 15) is 9.59 Å². The molecule has 0 aliphatic carbocycles. The molecule has 138 valence electrons. The van der Waals surface area contributed by atoms with Gasteiger partial charge in [-0.15, -0.1) is 0 Å². The van der Waals surface area contributed by atoms with Gasteiger partial charge in [-0.05, 0) is 54.8 Å². The summed E-state index contributed by atoms with van der Waals surface area (Å²) in [6.07, 6.45) is 0.274. The average Bonchev–Trinajstić information content (AvgIpc) is 2.66. The summed E-state index contributed by atoms with van der Waals surface area (Å²) in [6, 6.07) is 13.2. The van der Waals surface area contributed by atoms with Gasteiger partial charge in [-0.3, -0.25) is 9.59 Å². The Balaban J connectivity index is 2.25. The lowest BCUT2D eigenvalue weighted by Gasteiger charge is -2.24. The Kier molecular flexibility index (Phi) is 6.39. The summed E-state index contributed by atoms with van der Waals surface area (Å²) in [5, 5.41) is 2.59. The molecule has 0 heterocycles. The van der Waals surface area contributed by atoms with Gasteiger partial charge in [0.2, 0.25) is 5.91 Å². The van der Waals surface area contributed by atoms with Crippen LogP contribution in [0.25, 0.3) is 11.1 Å². The van der Waals surface area contributed by atoms with Crippen molar-refractivity contribution in [1.29, 1.82) is 0 Å². The molecule has 1 atom stereocenters. The Morgan fingerprint density at radius 2 is 1.92 bits per heavy atom. The third-order valence-corrected chi connectivity index (χ3v) is 4.60. The van der Waals surface area contributed by atoms with Crippen molar-refractivity contribution in [3.63, 3.8) is 0 Å². The lowest BCUT2D eigenvalue weighted by Crippen LogP contribution is -2.38. The second-order valence-corrected chi connectivity index (χ2v) is 6.40. The molecule has 0 aromatic heterocycles. The van der Waals surface area contributed by atoms with Crippen molar-refractivity contribution < 1.29 is 14.3 Å². The Hall–Kier alpha value is -2.82. The summed E-state index contributed by atoms with van der Waals surface area (Å²) in [4.78, 5) is 26.0. The maximum atomic E-state index is 12.8. The first-order chi connectivity index (χ1) is 12.4. The van der Waals surface area contributed by atoms with Gasteiger partial charge in [-0.25, -0.2) is 0 Å². The van der Waals surface area contributed by atoms with Crippen molar-refractivity contribution in [1.82, 2.24) is 10.2 Å². The van der Waals surface area contributed by atoms with E-state index in [1.165, 1.54) is 0 Å². The molecule has 2 rings (SSSR count). The zero-order valence-corrected chi connectivity index (χ0v) is 16.0. The van der Waals surface area contributed by atoms with E-state index in [2.05, 4.69) is 5.32 Å². The number of nitrogens with one attached hydrogen (secondary N) is 1. The summed E-state index contributed by atoms with van der Waals surface area (Å²) in [7, 11) is 4.96. The Morgan fingerprint density at radius 3 is 2.54 bits per heavy atom. The van der Waals surface area contributed by atoms with Crippen LogP contribution in [0.2, 0.25) is 0 Å². The van der Waals surface area contributed by atoms with Crippen molar-refractivity contribution in [2.24, 2.45) is 0 Å². The van der Waals surface area contributed by atoms with Gasteiger partial charge >= 0.3 is 0 Å². The average molecular weight is 354 g/mol. The van der Waals surface area contributed by atoms with Crippen LogP contribution in [0.15, 0.2) is 42.5 Å². The van der Waals surface area contributed by atoms with Gasteiger partial charge in [-0.1, -0.05) is 18.2 Å². The molecule has 26 heavy (non-hydrogen) atoms. The van der Waals surface area contributed by atoms with Gasteiger partial charge < -0.3 is 15.0 Å². The van der Waals surface area contributed by atoms with Crippen LogP contribution in [0.5, 0.6) is 5.75 Å². The molecule has 2 amide bonds. The highest BCUT2D eigenvalue weighted by molar-refractivity contribution is 5.96. The molecular weight excluding hydrogens is 328 g/mol. The third-order valence-electron chi connectivity index (χ3n) is 4.60. The van der Waals surface area contributed by atoms with E-state index in [0.717, 1.165) is 22.4 Å². The largest absolute Gasteiger partial charge is 0.497 e. The monoisotopic (exact) mass is 354 g/mol. The summed E-state index contributed by atoms with van der Waals surface area (Å²) in [5.74, 6) is 0.621. The second kappa shape index (κ2) is 8.52. The SMILES string of the molecule is CNC(=O)CC(C)N(C)C(=O)c1cccc(-c2ccc(OC)cc2C)c1. The first kappa shape index (κ1) is 19.5. The van der Waals surface area contributed by atoms with Gasteiger partial charge in [0, 0.05) is 32.1 Å². The molecule has 0 fully saturated rings. The topological polar surface area (TPSA) is 58.6 Å². The second-order valence-electron chi connectivity index (χ2n) is 6.40. The minimum atomic E-state index is -0.186. The van der Waals surface area contributed by atoms with Gasteiger partial charge in [0.25, 0.3) is 5.91 Å². The van der Waals surface area contributed by atoms with Crippen LogP contribution in [-0.2, 0) is 4.79 Å². The predicted molar refractivity (Wildman–Crippen MR) is 103 cm³/mol. The fourth-order valence-electron chi connectivity index (χ4n) is 2.82. The first-order valence-corrected chi connectivity index (χ1v) is 8.60. The lowest BCUT2D eigenvalue weighted by atomic mass is 9.98. The van der Waals surface area contributed by atoms with E-state index < -0.39 is 0 Å². The molecule has 0 bridgehead atoms. The standard InChI is InChI=1S/C21H26N2O3/c1-14-11-18(26-5)9-10-19(14)16-7-6-8-17(13-16)21(25)23(4)15(2)12-20(24)22-3/h6-11,13,15H,12H2,1-5H3,(H,22,24). The number of ether oxygens (including phenoxy) is 1. The molecule has 1 unspecified atom stereocenters. The first-order valence-electron chi connectivity index (χ1n) is 8.60. The Labute approximate surface area is 155 Å². The van der Waals surface area contributed by atoms with Crippen LogP contribution in [0.1, 0.15) is 29.3 Å². The molecule has 0 radical (unpaired) electrons. The molecule has 0 aliphatic heterocycles. The van der Waals surface area contributed by atoms with Crippen LogP contribution < -0.4 is 10.1 Å². The van der Waals surface area contributed by atoms with Crippen molar-refractivity contribution in [2.75, 3.05) is 21.2 Å². The summed E-state index contributed by atoms with van der Waals surface area (Å²) in [5.41, 5.74) is 3.71. The molecule has 0 aliphatic rings. The van der Waals surface area contributed by atoms with Crippen molar-refractivity contribution in [2.45, 2.75) is 26.3 Å². The zero-order chi connectivity index (χ0) is 19.3. The molecule has 0 saturated carbocycles. The molecule has 5 nitrogen and oxygen atoms in total. The van der Waals surface area contributed by atoms with E-state index in [0.29, 0.717) is 5.56 Å². The van der Waals surface area contributed by atoms with Crippen molar-refractivity contribution >= 4 is 11.8 Å². The number of methoxy groups -OCH3 is 1. The number of hydrogen-bond acceptors (Lipinski definition) is 3. The minimum Gasteiger partial charge on any atom is -0.497 e. The fraction of sp³-hybridized carbons (Fsp3) is 0.333. The highest BCUT2D eigenvalue weighted by atomic mass is 16.5. The van der Waals surface area contributed by atoms with Crippen LogP contribution in [0.3, 0.4) is 0 Å². The smallest absolute Gasteiger partial charge is 0.253 e. The van der Waals surface area contributed by atoms with Crippen molar-refractivity contribution in [3.8, 4) is 16.9 Å². The Morgan fingerprint density at radius 1 is 1.19 bits per heavy atom. The summed E-state index contributed by atoms with van der Waals surface area (Å²) < 4.78 is 5.25. The van der Waals surface area contributed by atoms with E-state index in [-0.39, 0.29) is 24.3 Å². The van der Waals surface area contributed by atoms with Gasteiger partial charge in [0.05, 0.1) is 7.11 Å². The minimum absolute atomic E-state index is 0.0836. The summed E-state index contributed by atoms with van der Waals surface area (Å²) >= 11 is 0. The highest BCUT2D eigenvalue weighted by Crippen LogP contribution is 2.27. The van der Waals surface area contributed by atoms with Crippen LogP contribution in [0, 0.1) is 6.92 Å². The molecule has 2 aromatic carbocycles. The number of amides is 2. The van der Waals surface area contributed by atoms with Gasteiger partial charge in [-0.2, -0.15) is 0 Å². The highest BCUT2D eigenvalue weighted by Gasteiger charge is 2.20. The van der Waals surface area contributed by atoms with Gasteiger partial charge in [0.1, 0.15) is 5.75 Å². The molecular formula is C21H26N2O3. The zero-order valence-electron chi connectivity index (χ0n) is 16.0. The van der Waals surface area contributed by atoms with E-state index in [4.69, 9.17) is 4.74 Å². The van der Waals surface area contributed by atoms with Gasteiger partial charge in [0.15, 0.2) is 0 Å². The maximum absolute atomic E-state index is 12.8. The van der Waals surface area contributed by atoms with Crippen molar-refractivity contribution in [3.05, 3.63) is 53.6 Å². The van der Waals surface area contributed by atoms with E-state index in [1.54, 1.807) is 32.2 Å². The summed E-state index contributed by atoms with van der Waals surface area (Å²) in [6.45, 7) is 3.88. The number of carbonyl (C=O) groups is 2. The third kappa shape index (κ3) is 4.42. The normalized spacial score (nSPS) is 11.6. The molecule has 2 aromatic rings. The molecule has 0 saturated heterocycles. The lowest BCUT2D eigenvalue weighted by molar-refractivity contribution is -0.121. The quantitative estimate of drug-likeness (QED) is 0.866. The number of carbonyl (C=O) groups excluding carboxylic acids is 2. The molecule has 0 spiro atoms. The van der Waals surface area contributed by atoms with E-state index in [1.807, 2.05) is 50.2 Å². The van der Waals surface area contributed by atoms with Crippen LogP contribution in [-0.4, -0.2) is 44.0 Å².